The Kier molecular flexibility index (Phi) is 2.35. The van der Waals surface area contributed by atoms with Gasteiger partial charge in [0.15, 0.2) is 0 Å². The van der Waals surface area contributed by atoms with Gasteiger partial charge in [-0.05, 0) is 68.6 Å². The van der Waals surface area contributed by atoms with Crippen molar-refractivity contribution in [3.63, 3.8) is 0 Å². The van der Waals surface area contributed by atoms with Gasteiger partial charge in [-0.3, -0.25) is 0 Å². The van der Waals surface area contributed by atoms with Crippen LogP contribution in [0.15, 0.2) is 0 Å². The lowest BCUT2D eigenvalue weighted by Crippen LogP contribution is -2.39. The standard InChI is InChI=1S/C14H25N/c1-10-4-5-14(15,8-10)9-13-7-11-2-3-12(13)6-11/h10-13H,2-9,15H2,1H3. The van der Waals surface area contributed by atoms with Gasteiger partial charge in [0.25, 0.3) is 0 Å². The largest absolute Gasteiger partial charge is 0.325 e. The summed E-state index contributed by atoms with van der Waals surface area (Å²) in [6.07, 6.45) is 11.4. The van der Waals surface area contributed by atoms with Crippen LogP contribution >= 0.6 is 0 Å². The fourth-order valence-corrected chi connectivity index (χ4v) is 4.77. The van der Waals surface area contributed by atoms with Crippen molar-refractivity contribution in [1.82, 2.24) is 0 Å². The zero-order chi connectivity index (χ0) is 10.5. The van der Waals surface area contributed by atoms with Gasteiger partial charge >= 0.3 is 0 Å². The second-order valence-corrected chi connectivity index (χ2v) is 6.85. The summed E-state index contributed by atoms with van der Waals surface area (Å²) in [5.74, 6) is 4.03. The van der Waals surface area contributed by atoms with Crippen LogP contribution in [0.2, 0.25) is 0 Å². The Hall–Kier alpha value is -0.0400. The van der Waals surface area contributed by atoms with Crippen LogP contribution < -0.4 is 5.73 Å². The van der Waals surface area contributed by atoms with Gasteiger partial charge in [-0.15, -0.1) is 0 Å². The average molecular weight is 207 g/mol. The average Bonchev–Trinajstić information content (AvgIpc) is 2.82. The number of rotatable bonds is 2. The first-order valence-corrected chi connectivity index (χ1v) is 6.93. The molecule has 3 aliphatic carbocycles. The lowest BCUT2D eigenvalue weighted by Gasteiger charge is -2.31. The maximum Gasteiger partial charge on any atom is 0.0159 e. The highest BCUT2D eigenvalue weighted by atomic mass is 14.8. The molecule has 0 heterocycles. The molecule has 2 N–H and O–H groups in total. The maximum atomic E-state index is 6.56. The summed E-state index contributed by atoms with van der Waals surface area (Å²) >= 11 is 0. The third kappa shape index (κ3) is 1.84. The van der Waals surface area contributed by atoms with Gasteiger partial charge in [0.05, 0.1) is 0 Å². The topological polar surface area (TPSA) is 26.0 Å². The van der Waals surface area contributed by atoms with E-state index in [4.69, 9.17) is 5.73 Å². The van der Waals surface area contributed by atoms with E-state index in [1.165, 1.54) is 51.4 Å². The maximum absolute atomic E-state index is 6.56. The molecule has 0 aromatic heterocycles. The molecule has 5 unspecified atom stereocenters. The Morgan fingerprint density at radius 1 is 1.20 bits per heavy atom. The second-order valence-electron chi connectivity index (χ2n) is 6.85. The summed E-state index contributed by atoms with van der Waals surface area (Å²) in [5, 5.41) is 0. The van der Waals surface area contributed by atoms with Crippen molar-refractivity contribution in [2.45, 2.75) is 63.8 Å². The molecule has 3 aliphatic rings. The van der Waals surface area contributed by atoms with Crippen LogP contribution in [-0.2, 0) is 0 Å². The molecule has 0 aliphatic heterocycles. The van der Waals surface area contributed by atoms with Gasteiger partial charge in [0, 0.05) is 5.54 Å². The van der Waals surface area contributed by atoms with E-state index in [-0.39, 0.29) is 5.54 Å². The van der Waals surface area contributed by atoms with Crippen molar-refractivity contribution in [2.75, 3.05) is 0 Å². The molecule has 15 heavy (non-hydrogen) atoms. The molecule has 1 nitrogen and oxygen atoms in total. The summed E-state index contributed by atoms with van der Waals surface area (Å²) in [7, 11) is 0. The van der Waals surface area contributed by atoms with E-state index in [1.54, 1.807) is 0 Å². The second kappa shape index (κ2) is 3.48. The lowest BCUT2D eigenvalue weighted by molar-refractivity contribution is 0.239. The molecule has 0 saturated heterocycles. The summed E-state index contributed by atoms with van der Waals surface area (Å²) in [6, 6.07) is 0. The molecule has 0 spiro atoms. The number of hydrogen-bond acceptors (Lipinski definition) is 1. The quantitative estimate of drug-likeness (QED) is 0.738. The highest BCUT2D eigenvalue weighted by Crippen LogP contribution is 2.52. The van der Waals surface area contributed by atoms with Crippen molar-refractivity contribution in [1.29, 1.82) is 0 Å². The molecule has 2 bridgehead atoms. The van der Waals surface area contributed by atoms with Crippen molar-refractivity contribution >= 4 is 0 Å². The predicted octanol–water partition coefficient (Wildman–Crippen LogP) is 3.33. The molecule has 0 aromatic carbocycles. The molecule has 1 heteroatoms. The van der Waals surface area contributed by atoms with Gasteiger partial charge in [-0.25, -0.2) is 0 Å². The monoisotopic (exact) mass is 207 g/mol. The third-order valence-electron chi connectivity index (χ3n) is 5.44. The van der Waals surface area contributed by atoms with Gasteiger partial charge in [0.1, 0.15) is 0 Å². The first kappa shape index (κ1) is 10.1. The van der Waals surface area contributed by atoms with Crippen LogP contribution in [0.25, 0.3) is 0 Å². The molecule has 0 aromatic rings. The minimum absolute atomic E-state index is 0.231. The zero-order valence-corrected chi connectivity index (χ0v) is 10.0. The Bertz CT molecular complexity index is 250. The molecular formula is C14H25N. The van der Waals surface area contributed by atoms with Crippen molar-refractivity contribution < 1.29 is 0 Å². The fraction of sp³-hybridized carbons (Fsp3) is 1.00. The molecular weight excluding hydrogens is 182 g/mol. The van der Waals surface area contributed by atoms with Crippen LogP contribution in [0, 0.1) is 23.7 Å². The summed E-state index contributed by atoms with van der Waals surface area (Å²) < 4.78 is 0. The van der Waals surface area contributed by atoms with Gasteiger partial charge in [0.2, 0.25) is 0 Å². The van der Waals surface area contributed by atoms with Gasteiger partial charge in [-0.2, -0.15) is 0 Å². The van der Waals surface area contributed by atoms with Crippen molar-refractivity contribution in [3.8, 4) is 0 Å². The molecule has 86 valence electrons. The number of fused-ring (bicyclic) bond motifs is 2. The number of nitrogens with two attached hydrogens (primary N) is 1. The van der Waals surface area contributed by atoms with Gasteiger partial charge < -0.3 is 5.73 Å². The Morgan fingerprint density at radius 3 is 2.60 bits per heavy atom. The molecule has 3 rings (SSSR count). The SMILES string of the molecule is CC1CCC(N)(CC2CC3CCC2C3)C1. The minimum atomic E-state index is 0.231. The molecule has 0 amide bonds. The lowest BCUT2D eigenvalue weighted by atomic mass is 9.78. The number of hydrogen-bond donors (Lipinski definition) is 1. The van der Waals surface area contributed by atoms with E-state index in [1.807, 2.05) is 0 Å². The van der Waals surface area contributed by atoms with E-state index < -0.39 is 0 Å². The van der Waals surface area contributed by atoms with Crippen molar-refractivity contribution in [3.05, 3.63) is 0 Å². The van der Waals surface area contributed by atoms with Crippen molar-refractivity contribution in [2.24, 2.45) is 29.4 Å². The highest BCUT2D eigenvalue weighted by Gasteiger charge is 2.44. The van der Waals surface area contributed by atoms with E-state index in [0.717, 1.165) is 23.7 Å². The molecule has 3 saturated carbocycles. The van der Waals surface area contributed by atoms with E-state index in [9.17, 15) is 0 Å². The van der Waals surface area contributed by atoms with Crippen LogP contribution in [-0.4, -0.2) is 5.54 Å². The smallest absolute Gasteiger partial charge is 0.0159 e. The summed E-state index contributed by atoms with van der Waals surface area (Å²) in [6.45, 7) is 2.37. The predicted molar refractivity (Wildman–Crippen MR) is 63.5 cm³/mol. The zero-order valence-electron chi connectivity index (χ0n) is 10.0. The highest BCUT2D eigenvalue weighted by molar-refractivity contribution is 4.98. The Balaban J connectivity index is 1.61. The molecule has 3 fully saturated rings. The normalized spacial score (nSPS) is 54.0. The fourth-order valence-electron chi connectivity index (χ4n) is 4.77. The van der Waals surface area contributed by atoms with Crippen LogP contribution in [0.5, 0.6) is 0 Å². The Morgan fingerprint density at radius 2 is 2.07 bits per heavy atom. The minimum Gasteiger partial charge on any atom is -0.325 e. The van der Waals surface area contributed by atoms with E-state index in [0.29, 0.717) is 0 Å². The molecule has 5 atom stereocenters. The summed E-state index contributed by atoms with van der Waals surface area (Å²) in [4.78, 5) is 0. The third-order valence-corrected chi connectivity index (χ3v) is 5.44. The Labute approximate surface area is 93.8 Å². The van der Waals surface area contributed by atoms with Crippen LogP contribution in [0.1, 0.15) is 58.3 Å². The van der Waals surface area contributed by atoms with E-state index in [2.05, 4.69) is 6.92 Å². The first-order chi connectivity index (χ1) is 7.15. The first-order valence-electron chi connectivity index (χ1n) is 6.93. The van der Waals surface area contributed by atoms with E-state index >= 15 is 0 Å². The van der Waals surface area contributed by atoms with Gasteiger partial charge in [-0.1, -0.05) is 13.3 Å². The molecule has 0 radical (unpaired) electrons. The summed E-state index contributed by atoms with van der Waals surface area (Å²) in [5.41, 5.74) is 6.79. The van der Waals surface area contributed by atoms with Crippen LogP contribution in [0.3, 0.4) is 0 Å². The van der Waals surface area contributed by atoms with Crippen LogP contribution in [0.4, 0.5) is 0 Å².